The Morgan fingerprint density at radius 1 is 1.60 bits per heavy atom. The molecule has 0 bridgehead atoms. The van der Waals surface area contributed by atoms with Gasteiger partial charge in [-0.1, -0.05) is 36.5 Å². The van der Waals surface area contributed by atoms with Crippen molar-refractivity contribution in [3.63, 3.8) is 0 Å². The highest BCUT2D eigenvalue weighted by Gasteiger charge is 2.32. The number of carbonyl (C=O) groups excluding carboxylic acids is 1. The van der Waals surface area contributed by atoms with Crippen LogP contribution in [0.1, 0.15) is 19.8 Å². The standard InChI is InChI=1S/C6H9Cl3O/c1-2-3-5(7)6(8,9)4-10/h4-5H,2-3H2,1H3. The molecular weight excluding hydrogens is 194 g/mol. The van der Waals surface area contributed by atoms with Gasteiger partial charge in [0.15, 0.2) is 10.6 Å². The fourth-order valence-corrected chi connectivity index (χ4v) is 1.01. The summed E-state index contributed by atoms with van der Waals surface area (Å²) < 4.78 is -1.42. The van der Waals surface area contributed by atoms with E-state index in [1.165, 1.54) is 0 Å². The van der Waals surface area contributed by atoms with E-state index in [1.807, 2.05) is 6.92 Å². The average molecular weight is 203 g/mol. The van der Waals surface area contributed by atoms with Gasteiger partial charge in [-0.25, -0.2) is 0 Å². The number of alkyl halides is 3. The first-order chi connectivity index (χ1) is 4.54. The minimum absolute atomic E-state index is 0.462. The molecule has 0 aliphatic rings. The topological polar surface area (TPSA) is 17.1 Å². The molecule has 10 heavy (non-hydrogen) atoms. The van der Waals surface area contributed by atoms with Gasteiger partial charge in [-0.15, -0.1) is 11.6 Å². The number of hydrogen-bond donors (Lipinski definition) is 0. The molecule has 0 heterocycles. The van der Waals surface area contributed by atoms with E-state index in [4.69, 9.17) is 34.8 Å². The van der Waals surface area contributed by atoms with Crippen molar-refractivity contribution >= 4 is 41.1 Å². The lowest BCUT2D eigenvalue weighted by Crippen LogP contribution is -2.27. The van der Waals surface area contributed by atoms with Crippen molar-refractivity contribution in [2.75, 3.05) is 0 Å². The van der Waals surface area contributed by atoms with Gasteiger partial charge in [0, 0.05) is 0 Å². The molecule has 0 aromatic carbocycles. The summed E-state index contributed by atoms with van der Waals surface area (Å²) in [7, 11) is 0. The highest BCUT2D eigenvalue weighted by atomic mass is 35.5. The van der Waals surface area contributed by atoms with Crippen molar-refractivity contribution in [2.24, 2.45) is 0 Å². The molecule has 0 aliphatic carbocycles. The van der Waals surface area contributed by atoms with Crippen LogP contribution in [0.3, 0.4) is 0 Å². The number of rotatable bonds is 4. The Labute approximate surface area is 75.6 Å². The quantitative estimate of drug-likeness (QED) is 0.507. The first-order valence-corrected chi connectivity index (χ1v) is 4.22. The molecule has 1 atom stereocenters. The smallest absolute Gasteiger partial charge is 0.189 e. The van der Waals surface area contributed by atoms with Gasteiger partial charge >= 0.3 is 0 Å². The first-order valence-electron chi connectivity index (χ1n) is 3.02. The Morgan fingerprint density at radius 3 is 2.40 bits per heavy atom. The van der Waals surface area contributed by atoms with Crippen molar-refractivity contribution in [2.45, 2.75) is 29.5 Å². The van der Waals surface area contributed by atoms with Crippen LogP contribution in [0.4, 0.5) is 0 Å². The maximum atomic E-state index is 10.2. The van der Waals surface area contributed by atoms with Crippen LogP contribution >= 0.6 is 34.8 Å². The zero-order valence-corrected chi connectivity index (χ0v) is 7.88. The fraction of sp³-hybridized carbons (Fsp3) is 0.833. The second-order valence-corrected chi connectivity index (χ2v) is 4.02. The Balaban J connectivity index is 3.90. The second kappa shape index (κ2) is 4.42. The summed E-state index contributed by atoms with van der Waals surface area (Å²) in [5.74, 6) is 0. The van der Waals surface area contributed by atoms with Crippen LogP contribution in [0.15, 0.2) is 0 Å². The monoisotopic (exact) mass is 202 g/mol. The van der Waals surface area contributed by atoms with Crippen LogP contribution in [-0.4, -0.2) is 16.0 Å². The molecule has 0 aliphatic heterocycles. The zero-order chi connectivity index (χ0) is 8.20. The third-order valence-corrected chi connectivity index (χ3v) is 2.61. The van der Waals surface area contributed by atoms with E-state index in [9.17, 15) is 4.79 Å². The number of carbonyl (C=O) groups is 1. The average Bonchev–Trinajstić information content (AvgIpc) is 1.89. The van der Waals surface area contributed by atoms with Crippen LogP contribution in [0.25, 0.3) is 0 Å². The second-order valence-electron chi connectivity index (χ2n) is 2.05. The van der Waals surface area contributed by atoms with Gasteiger partial charge in [-0.3, -0.25) is 4.79 Å². The Kier molecular flexibility index (Phi) is 4.66. The molecule has 0 saturated carbocycles. The van der Waals surface area contributed by atoms with E-state index in [1.54, 1.807) is 0 Å². The first kappa shape index (κ1) is 10.5. The molecular formula is C6H9Cl3O. The predicted octanol–water partition coefficient (Wildman–Crippen LogP) is 2.77. The maximum Gasteiger partial charge on any atom is 0.189 e. The van der Waals surface area contributed by atoms with E-state index >= 15 is 0 Å². The number of aldehydes is 1. The van der Waals surface area contributed by atoms with Crippen LogP contribution < -0.4 is 0 Å². The summed E-state index contributed by atoms with van der Waals surface area (Å²) in [4.78, 5) is 10.2. The fourth-order valence-electron chi connectivity index (χ4n) is 0.520. The minimum atomic E-state index is -1.42. The van der Waals surface area contributed by atoms with Gasteiger partial charge in [0.2, 0.25) is 0 Å². The van der Waals surface area contributed by atoms with E-state index in [0.717, 1.165) is 6.42 Å². The number of halogens is 3. The summed E-state index contributed by atoms with van der Waals surface area (Å²) in [6.45, 7) is 1.95. The highest BCUT2D eigenvalue weighted by molar-refractivity contribution is 6.59. The largest absolute Gasteiger partial charge is 0.300 e. The normalized spacial score (nSPS) is 14.8. The van der Waals surface area contributed by atoms with Crippen molar-refractivity contribution in [1.29, 1.82) is 0 Å². The molecule has 1 nitrogen and oxygen atoms in total. The molecule has 0 N–H and O–H groups in total. The van der Waals surface area contributed by atoms with Gasteiger partial charge in [0.1, 0.15) is 0 Å². The van der Waals surface area contributed by atoms with E-state index in [-0.39, 0.29) is 0 Å². The zero-order valence-electron chi connectivity index (χ0n) is 5.61. The molecule has 1 unspecified atom stereocenters. The third-order valence-electron chi connectivity index (χ3n) is 1.12. The molecule has 0 aromatic heterocycles. The van der Waals surface area contributed by atoms with Crippen molar-refractivity contribution in [1.82, 2.24) is 0 Å². The van der Waals surface area contributed by atoms with E-state index < -0.39 is 9.71 Å². The van der Waals surface area contributed by atoms with Gasteiger partial charge in [0.05, 0.1) is 5.38 Å². The molecule has 0 rings (SSSR count). The van der Waals surface area contributed by atoms with Crippen LogP contribution in [-0.2, 0) is 4.79 Å². The summed E-state index contributed by atoms with van der Waals surface area (Å²) >= 11 is 16.7. The maximum absolute atomic E-state index is 10.2. The molecule has 0 fully saturated rings. The van der Waals surface area contributed by atoms with Crippen molar-refractivity contribution in [3.05, 3.63) is 0 Å². The molecule has 0 aromatic rings. The van der Waals surface area contributed by atoms with Gasteiger partial charge in [-0.05, 0) is 6.42 Å². The molecule has 4 heteroatoms. The van der Waals surface area contributed by atoms with Crippen LogP contribution in [0.5, 0.6) is 0 Å². The summed E-state index contributed by atoms with van der Waals surface area (Å²) in [5, 5.41) is -0.488. The number of hydrogen-bond acceptors (Lipinski definition) is 1. The van der Waals surface area contributed by atoms with Crippen LogP contribution in [0, 0.1) is 0 Å². The summed E-state index contributed by atoms with van der Waals surface area (Å²) in [6, 6.07) is 0. The molecule has 0 saturated heterocycles. The van der Waals surface area contributed by atoms with E-state index in [0.29, 0.717) is 12.7 Å². The lowest BCUT2D eigenvalue weighted by molar-refractivity contribution is -0.108. The molecule has 0 spiro atoms. The Morgan fingerprint density at radius 2 is 2.10 bits per heavy atom. The molecule has 0 amide bonds. The molecule has 0 radical (unpaired) electrons. The van der Waals surface area contributed by atoms with Crippen LogP contribution in [0.2, 0.25) is 0 Å². The lowest BCUT2D eigenvalue weighted by Gasteiger charge is -2.17. The lowest BCUT2D eigenvalue weighted by atomic mass is 10.2. The predicted molar refractivity (Wildman–Crippen MR) is 45.1 cm³/mol. The third kappa shape index (κ3) is 3.09. The highest BCUT2D eigenvalue weighted by Crippen LogP contribution is 2.29. The van der Waals surface area contributed by atoms with Crippen molar-refractivity contribution < 1.29 is 4.79 Å². The van der Waals surface area contributed by atoms with Gasteiger partial charge in [-0.2, -0.15) is 0 Å². The Hall–Kier alpha value is 0.540. The van der Waals surface area contributed by atoms with Gasteiger partial charge < -0.3 is 0 Å². The summed E-state index contributed by atoms with van der Waals surface area (Å²) in [5.41, 5.74) is 0. The van der Waals surface area contributed by atoms with E-state index in [2.05, 4.69) is 0 Å². The minimum Gasteiger partial charge on any atom is -0.300 e. The van der Waals surface area contributed by atoms with Crippen molar-refractivity contribution in [3.8, 4) is 0 Å². The summed E-state index contributed by atoms with van der Waals surface area (Å²) in [6.07, 6.45) is 1.97. The molecule has 60 valence electrons. The Bertz CT molecular complexity index is 114. The van der Waals surface area contributed by atoms with Gasteiger partial charge in [0.25, 0.3) is 0 Å². The SMILES string of the molecule is CCCC(Cl)C(Cl)(Cl)C=O.